The van der Waals surface area contributed by atoms with Gasteiger partial charge in [-0.1, -0.05) is 19.3 Å². The molecule has 1 fully saturated rings. The highest BCUT2D eigenvalue weighted by Crippen LogP contribution is 2.21. The predicted molar refractivity (Wildman–Crippen MR) is 43.8 cm³/mol. The molecule has 1 saturated carbocycles. The highest BCUT2D eigenvalue weighted by molar-refractivity contribution is 5.65. The van der Waals surface area contributed by atoms with Gasteiger partial charge in [0.2, 0.25) is 0 Å². The Bertz CT molecular complexity index is 154. The third-order valence-electron chi connectivity index (χ3n) is 2.41. The summed E-state index contributed by atoms with van der Waals surface area (Å²) in [4.78, 5) is 11.7. The van der Waals surface area contributed by atoms with E-state index in [1.165, 1.54) is 6.42 Å². The summed E-state index contributed by atoms with van der Waals surface area (Å²) in [7, 11) is 0. The van der Waals surface area contributed by atoms with E-state index in [1.54, 1.807) is 0 Å². The molecule has 0 radical (unpaired) electrons. The number of nitrogens with zero attached hydrogens (tertiary/aromatic N) is 1. The summed E-state index contributed by atoms with van der Waals surface area (Å²) < 4.78 is 0. The normalized spacial score (nSPS) is 19.1. The van der Waals surface area contributed by atoms with E-state index in [-0.39, 0.29) is 12.8 Å². The number of aliphatic hydroxyl groups is 1. The van der Waals surface area contributed by atoms with Gasteiger partial charge in [-0.2, -0.15) is 0 Å². The van der Waals surface area contributed by atoms with Crippen LogP contribution in [0.4, 0.5) is 4.79 Å². The molecule has 0 aromatic heterocycles. The van der Waals surface area contributed by atoms with Crippen LogP contribution >= 0.6 is 0 Å². The second kappa shape index (κ2) is 4.30. The summed E-state index contributed by atoms with van der Waals surface area (Å²) in [5.41, 5.74) is 0. The van der Waals surface area contributed by atoms with Gasteiger partial charge < -0.3 is 10.2 Å². The molecule has 0 unspecified atom stereocenters. The first-order chi connectivity index (χ1) is 5.75. The van der Waals surface area contributed by atoms with Gasteiger partial charge >= 0.3 is 6.09 Å². The molecule has 12 heavy (non-hydrogen) atoms. The molecule has 70 valence electrons. The van der Waals surface area contributed by atoms with Crippen LogP contribution in [0.1, 0.15) is 32.1 Å². The SMILES string of the molecule is O=C(O)N(CO)C1CCCCC1. The van der Waals surface area contributed by atoms with Gasteiger partial charge in [0.25, 0.3) is 0 Å². The Kier molecular flexibility index (Phi) is 3.34. The van der Waals surface area contributed by atoms with Crippen LogP contribution in [0.5, 0.6) is 0 Å². The number of hydrogen-bond donors (Lipinski definition) is 2. The van der Waals surface area contributed by atoms with Gasteiger partial charge in [0.05, 0.1) is 0 Å². The van der Waals surface area contributed by atoms with Crippen molar-refractivity contribution in [3.05, 3.63) is 0 Å². The average Bonchev–Trinajstić information content (AvgIpc) is 2.07. The molecule has 0 aliphatic heterocycles. The summed E-state index contributed by atoms with van der Waals surface area (Å²) >= 11 is 0. The average molecular weight is 173 g/mol. The third-order valence-corrected chi connectivity index (χ3v) is 2.41. The Balaban J connectivity index is 2.46. The molecule has 0 aromatic carbocycles. The van der Waals surface area contributed by atoms with Crippen LogP contribution in [0.25, 0.3) is 0 Å². The molecule has 0 heterocycles. The fourth-order valence-electron chi connectivity index (χ4n) is 1.72. The van der Waals surface area contributed by atoms with Crippen LogP contribution in [0.3, 0.4) is 0 Å². The summed E-state index contributed by atoms with van der Waals surface area (Å²) in [6.45, 7) is -0.375. The van der Waals surface area contributed by atoms with E-state index in [4.69, 9.17) is 10.2 Å². The highest BCUT2D eigenvalue weighted by Gasteiger charge is 2.23. The minimum Gasteiger partial charge on any atom is -0.465 e. The standard InChI is InChI=1S/C8H15NO3/c10-6-9(8(11)12)7-4-2-1-3-5-7/h7,10H,1-6H2,(H,11,12). The number of aliphatic hydroxyl groups excluding tert-OH is 1. The Hall–Kier alpha value is -0.770. The lowest BCUT2D eigenvalue weighted by Gasteiger charge is -2.30. The third kappa shape index (κ3) is 2.11. The second-order valence-corrected chi connectivity index (χ2v) is 3.19. The zero-order chi connectivity index (χ0) is 8.97. The van der Waals surface area contributed by atoms with Crippen LogP contribution in [0.2, 0.25) is 0 Å². The molecule has 1 aliphatic carbocycles. The Morgan fingerprint density at radius 3 is 2.33 bits per heavy atom. The van der Waals surface area contributed by atoms with Crippen molar-refractivity contribution in [2.45, 2.75) is 38.1 Å². The first kappa shape index (κ1) is 9.32. The topological polar surface area (TPSA) is 60.8 Å². The van der Waals surface area contributed by atoms with Gasteiger partial charge in [-0.25, -0.2) is 4.79 Å². The zero-order valence-corrected chi connectivity index (χ0v) is 7.07. The molecular formula is C8H15NO3. The molecule has 1 aliphatic rings. The molecule has 4 nitrogen and oxygen atoms in total. The maximum absolute atomic E-state index is 10.6. The van der Waals surface area contributed by atoms with Crippen molar-refractivity contribution in [1.29, 1.82) is 0 Å². The highest BCUT2D eigenvalue weighted by atomic mass is 16.4. The Labute approximate surface area is 71.8 Å². The lowest BCUT2D eigenvalue weighted by atomic mass is 9.95. The van der Waals surface area contributed by atoms with Crippen LogP contribution in [0.15, 0.2) is 0 Å². The van der Waals surface area contributed by atoms with E-state index in [0.717, 1.165) is 30.6 Å². The largest absolute Gasteiger partial charge is 0.465 e. The van der Waals surface area contributed by atoms with E-state index < -0.39 is 6.09 Å². The van der Waals surface area contributed by atoms with Crippen LogP contribution in [-0.4, -0.2) is 34.0 Å². The first-order valence-corrected chi connectivity index (χ1v) is 4.36. The van der Waals surface area contributed by atoms with E-state index in [1.807, 2.05) is 0 Å². The van der Waals surface area contributed by atoms with Crippen molar-refractivity contribution in [3.63, 3.8) is 0 Å². The van der Waals surface area contributed by atoms with Crippen LogP contribution < -0.4 is 0 Å². The number of hydrogen-bond acceptors (Lipinski definition) is 2. The molecule has 0 atom stereocenters. The number of carboxylic acid groups (broad SMARTS) is 1. The maximum atomic E-state index is 10.6. The summed E-state index contributed by atoms with van der Waals surface area (Å²) in [5.74, 6) is 0. The molecule has 0 saturated heterocycles. The molecule has 1 rings (SSSR count). The van der Waals surface area contributed by atoms with E-state index in [0.29, 0.717) is 0 Å². The van der Waals surface area contributed by atoms with Crippen LogP contribution in [0, 0.1) is 0 Å². The van der Waals surface area contributed by atoms with Crippen molar-refractivity contribution < 1.29 is 15.0 Å². The van der Waals surface area contributed by atoms with Gasteiger partial charge in [0.1, 0.15) is 6.73 Å². The second-order valence-electron chi connectivity index (χ2n) is 3.19. The van der Waals surface area contributed by atoms with Crippen molar-refractivity contribution in [2.75, 3.05) is 6.73 Å². The summed E-state index contributed by atoms with van der Waals surface area (Å²) in [6.07, 6.45) is 4.13. The summed E-state index contributed by atoms with van der Waals surface area (Å²) in [6, 6.07) is 0.0428. The van der Waals surface area contributed by atoms with Crippen molar-refractivity contribution >= 4 is 6.09 Å². The van der Waals surface area contributed by atoms with Crippen LogP contribution in [-0.2, 0) is 0 Å². The molecule has 0 spiro atoms. The molecule has 2 N–H and O–H groups in total. The maximum Gasteiger partial charge on any atom is 0.409 e. The van der Waals surface area contributed by atoms with Gasteiger partial charge in [0, 0.05) is 6.04 Å². The van der Waals surface area contributed by atoms with Crippen molar-refractivity contribution in [1.82, 2.24) is 4.90 Å². The lowest BCUT2D eigenvalue weighted by Crippen LogP contribution is -2.41. The van der Waals surface area contributed by atoms with E-state index in [2.05, 4.69) is 0 Å². The van der Waals surface area contributed by atoms with Gasteiger partial charge in [-0.05, 0) is 12.8 Å². The summed E-state index contributed by atoms with van der Waals surface area (Å²) in [5, 5.41) is 17.5. The first-order valence-electron chi connectivity index (χ1n) is 4.36. The minimum absolute atomic E-state index is 0.0428. The fourth-order valence-corrected chi connectivity index (χ4v) is 1.72. The monoisotopic (exact) mass is 173 g/mol. The quantitative estimate of drug-likeness (QED) is 0.618. The minimum atomic E-state index is -1.01. The molecule has 0 aromatic rings. The smallest absolute Gasteiger partial charge is 0.409 e. The van der Waals surface area contributed by atoms with E-state index in [9.17, 15) is 4.79 Å². The van der Waals surface area contributed by atoms with Gasteiger partial charge in [-0.3, -0.25) is 4.90 Å². The zero-order valence-electron chi connectivity index (χ0n) is 7.07. The Morgan fingerprint density at radius 1 is 1.33 bits per heavy atom. The van der Waals surface area contributed by atoms with Gasteiger partial charge in [-0.15, -0.1) is 0 Å². The lowest BCUT2D eigenvalue weighted by molar-refractivity contribution is 0.0509. The fraction of sp³-hybridized carbons (Fsp3) is 0.875. The molecular weight excluding hydrogens is 158 g/mol. The van der Waals surface area contributed by atoms with E-state index >= 15 is 0 Å². The van der Waals surface area contributed by atoms with Crippen molar-refractivity contribution in [3.8, 4) is 0 Å². The predicted octanol–water partition coefficient (Wildman–Crippen LogP) is 1.25. The number of amides is 1. The van der Waals surface area contributed by atoms with Gasteiger partial charge in [0.15, 0.2) is 0 Å². The molecule has 4 heteroatoms. The Morgan fingerprint density at radius 2 is 1.92 bits per heavy atom. The number of rotatable bonds is 2. The van der Waals surface area contributed by atoms with Crippen molar-refractivity contribution in [2.24, 2.45) is 0 Å². The molecule has 0 bridgehead atoms. The number of carbonyl (C=O) groups is 1. The molecule has 1 amide bonds.